The van der Waals surface area contributed by atoms with Gasteiger partial charge in [-0.2, -0.15) is 0 Å². The molecular weight excluding hydrogens is 365 g/mol. The van der Waals surface area contributed by atoms with Crippen LogP contribution in [0.15, 0.2) is 34.8 Å². The van der Waals surface area contributed by atoms with Crippen LogP contribution < -0.4 is 0 Å². The highest BCUT2D eigenvalue weighted by Gasteiger charge is 2.23. The van der Waals surface area contributed by atoms with Crippen LogP contribution in [0.4, 0.5) is 4.39 Å². The van der Waals surface area contributed by atoms with Crippen LogP contribution in [0.3, 0.4) is 0 Å². The molecule has 2 heterocycles. The molecule has 0 amide bonds. The van der Waals surface area contributed by atoms with E-state index in [1.54, 1.807) is 11.8 Å². The summed E-state index contributed by atoms with van der Waals surface area (Å²) in [5.41, 5.74) is 3.83. The van der Waals surface area contributed by atoms with Crippen molar-refractivity contribution >= 4 is 23.1 Å². The van der Waals surface area contributed by atoms with Gasteiger partial charge < -0.3 is 0 Å². The number of fused-ring (bicyclic) bond motifs is 1. The van der Waals surface area contributed by atoms with Gasteiger partial charge in [-0.05, 0) is 62.8 Å². The van der Waals surface area contributed by atoms with Crippen molar-refractivity contribution in [3.05, 3.63) is 51.5 Å². The van der Waals surface area contributed by atoms with Crippen LogP contribution in [0.25, 0.3) is 11.4 Å². The lowest BCUT2D eigenvalue weighted by Gasteiger charge is -2.16. The van der Waals surface area contributed by atoms with Gasteiger partial charge in [-0.3, -0.25) is 4.57 Å². The number of benzene rings is 1. The van der Waals surface area contributed by atoms with Gasteiger partial charge in [-0.25, -0.2) is 4.39 Å². The molecule has 0 unspecified atom stereocenters. The van der Waals surface area contributed by atoms with Gasteiger partial charge in [-0.15, -0.1) is 21.5 Å². The molecule has 0 saturated carbocycles. The molecule has 0 aliphatic heterocycles. The van der Waals surface area contributed by atoms with Gasteiger partial charge in [-0.1, -0.05) is 23.9 Å². The zero-order chi connectivity index (χ0) is 18.1. The molecule has 1 aliphatic carbocycles. The van der Waals surface area contributed by atoms with E-state index in [-0.39, 0.29) is 11.9 Å². The number of nitrogens with zero attached hydrogens (tertiary/aromatic N) is 3. The van der Waals surface area contributed by atoms with Crippen molar-refractivity contribution in [1.82, 2.24) is 14.8 Å². The third-order valence-corrected chi connectivity index (χ3v) is 6.87. The molecule has 0 N–H and O–H groups in total. The van der Waals surface area contributed by atoms with E-state index in [0.29, 0.717) is 0 Å². The molecule has 0 fully saturated rings. The van der Waals surface area contributed by atoms with Crippen molar-refractivity contribution in [2.75, 3.05) is 0 Å². The topological polar surface area (TPSA) is 30.7 Å². The molecule has 2 aromatic heterocycles. The summed E-state index contributed by atoms with van der Waals surface area (Å²) in [6, 6.07) is 6.95. The number of thiophene rings is 1. The normalized spacial score (nSPS) is 14.0. The Morgan fingerprint density at radius 1 is 1.15 bits per heavy atom. The highest BCUT2D eigenvalue weighted by atomic mass is 32.2. The lowest BCUT2D eigenvalue weighted by atomic mass is 9.95. The van der Waals surface area contributed by atoms with Crippen LogP contribution in [0.1, 0.15) is 48.7 Å². The van der Waals surface area contributed by atoms with Crippen LogP contribution in [-0.2, 0) is 18.6 Å². The lowest BCUT2D eigenvalue weighted by Crippen LogP contribution is -2.07. The molecule has 4 rings (SSSR count). The Balaban J connectivity index is 1.63. The van der Waals surface area contributed by atoms with E-state index in [1.165, 1.54) is 47.4 Å². The molecule has 26 heavy (non-hydrogen) atoms. The number of aryl methyl sites for hydroxylation is 1. The molecule has 136 valence electrons. The Kier molecular flexibility index (Phi) is 5.14. The molecule has 3 aromatic rings. The fourth-order valence-electron chi connectivity index (χ4n) is 3.43. The summed E-state index contributed by atoms with van der Waals surface area (Å²) in [4.78, 5) is 1.52. The van der Waals surface area contributed by atoms with Gasteiger partial charge in [0.15, 0.2) is 11.0 Å². The SMILES string of the molecule is CC(C)n1c(SCc2ccc(F)cc2)nnc1-c1csc2c1CCCC2. The highest BCUT2D eigenvalue weighted by molar-refractivity contribution is 7.98. The molecule has 1 aliphatic rings. The number of thioether (sulfide) groups is 1. The average molecular weight is 388 g/mol. The summed E-state index contributed by atoms with van der Waals surface area (Å²) < 4.78 is 15.3. The molecule has 6 heteroatoms. The Morgan fingerprint density at radius 3 is 2.69 bits per heavy atom. The summed E-state index contributed by atoms with van der Waals surface area (Å²) >= 11 is 3.52. The monoisotopic (exact) mass is 387 g/mol. The van der Waals surface area contributed by atoms with Crippen LogP contribution in [0, 0.1) is 5.82 Å². The molecule has 0 bridgehead atoms. The maximum atomic E-state index is 13.1. The van der Waals surface area contributed by atoms with Crippen LogP contribution >= 0.6 is 23.1 Å². The third-order valence-electron chi connectivity index (χ3n) is 4.76. The van der Waals surface area contributed by atoms with Gasteiger partial charge in [0.25, 0.3) is 0 Å². The number of rotatable bonds is 5. The summed E-state index contributed by atoms with van der Waals surface area (Å²) in [6.07, 6.45) is 4.90. The van der Waals surface area contributed by atoms with Crippen LogP contribution in [0.2, 0.25) is 0 Å². The number of halogens is 1. The first-order valence-electron chi connectivity index (χ1n) is 9.05. The number of hydrogen-bond donors (Lipinski definition) is 0. The molecule has 1 aromatic carbocycles. The maximum Gasteiger partial charge on any atom is 0.192 e. The number of aromatic nitrogens is 3. The Labute approximate surface area is 161 Å². The summed E-state index contributed by atoms with van der Waals surface area (Å²) in [7, 11) is 0. The molecule has 0 atom stereocenters. The quantitative estimate of drug-likeness (QED) is 0.511. The fraction of sp³-hybridized carbons (Fsp3) is 0.400. The smallest absolute Gasteiger partial charge is 0.192 e. The number of hydrogen-bond acceptors (Lipinski definition) is 4. The Bertz CT molecular complexity index is 896. The minimum Gasteiger partial charge on any atom is -0.299 e. The van der Waals surface area contributed by atoms with Crippen LogP contribution in [-0.4, -0.2) is 14.8 Å². The lowest BCUT2D eigenvalue weighted by molar-refractivity contribution is 0.554. The third kappa shape index (κ3) is 3.45. The van der Waals surface area contributed by atoms with Gasteiger partial charge in [0.05, 0.1) is 0 Å². The standard InChI is InChI=1S/C20H22FN3S2/c1-13(2)24-19(17-12-25-18-6-4-3-5-16(17)18)22-23-20(24)26-11-14-7-9-15(21)10-8-14/h7-10,12-13H,3-6,11H2,1-2H3. The first-order valence-corrected chi connectivity index (χ1v) is 10.9. The fourth-order valence-corrected chi connectivity index (χ4v) is 5.58. The molecule has 0 radical (unpaired) electrons. The minimum atomic E-state index is -0.200. The zero-order valence-corrected chi connectivity index (χ0v) is 16.7. The second-order valence-corrected chi connectivity index (χ2v) is 8.85. The van der Waals surface area contributed by atoms with E-state index in [0.717, 1.165) is 28.7 Å². The van der Waals surface area contributed by atoms with E-state index in [2.05, 4.69) is 34.0 Å². The van der Waals surface area contributed by atoms with E-state index in [1.807, 2.05) is 23.5 Å². The van der Waals surface area contributed by atoms with E-state index < -0.39 is 0 Å². The predicted molar refractivity (Wildman–Crippen MR) is 106 cm³/mol. The molecular formula is C20H22FN3S2. The van der Waals surface area contributed by atoms with Crippen molar-refractivity contribution in [3.63, 3.8) is 0 Å². The molecule has 0 saturated heterocycles. The first-order chi connectivity index (χ1) is 12.6. The van der Waals surface area contributed by atoms with E-state index in [9.17, 15) is 4.39 Å². The van der Waals surface area contributed by atoms with Gasteiger partial charge in [0.2, 0.25) is 0 Å². The molecule has 0 spiro atoms. The minimum absolute atomic E-state index is 0.200. The first kappa shape index (κ1) is 17.7. The van der Waals surface area contributed by atoms with Gasteiger partial charge in [0, 0.05) is 27.6 Å². The van der Waals surface area contributed by atoms with Crippen LogP contribution in [0.5, 0.6) is 0 Å². The predicted octanol–water partition coefficient (Wildman–Crippen LogP) is 5.90. The van der Waals surface area contributed by atoms with E-state index in [4.69, 9.17) is 0 Å². The van der Waals surface area contributed by atoms with E-state index >= 15 is 0 Å². The van der Waals surface area contributed by atoms with Gasteiger partial charge >= 0.3 is 0 Å². The summed E-state index contributed by atoms with van der Waals surface area (Å²) in [5.74, 6) is 1.54. The second kappa shape index (κ2) is 7.53. The van der Waals surface area contributed by atoms with Crippen molar-refractivity contribution in [2.45, 2.75) is 56.5 Å². The average Bonchev–Trinajstić information content (AvgIpc) is 3.25. The highest BCUT2D eigenvalue weighted by Crippen LogP contribution is 2.38. The zero-order valence-electron chi connectivity index (χ0n) is 15.0. The van der Waals surface area contributed by atoms with Gasteiger partial charge in [0.1, 0.15) is 5.82 Å². The van der Waals surface area contributed by atoms with Crippen molar-refractivity contribution < 1.29 is 4.39 Å². The maximum absolute atomic E-state index is 13.1. The van der Waals surface area contributed by atoms with Crippen molar-refractivity contribution in [2.24, 2.45) is 0 Å². The molecule has 3 nitrogen and oxygen atoms in total. The largest absolute Gasteiger partial charge is 0.299 e. The Hall–Kier alpha value is -1.66. The summed E-state index contributed by atoms with van der Waals surface area (Å²) in [6.45, 7) is 4.35. The summed E-state index contributed by atoms with van der Waals surface area (Å²) in [5, 5.41) is 12.2. The second-order valence-electron chi connectivity index (χ2n) is 6.94. The Morgan fingerprint density at radius 2 is 1.92 bits per heavy atom. The van der Waals surface area contributed by atoms with Crippen molar-refractivity contribution in [3.8, 4) is 11.4 Å². The van der Waals surface area contributed by atoms with Crippen molar-refractivity contribution in [1.29, 1.82) is 0 Å².